The van der Waals surface area contributed by atoms with Crippen LogP contribution in [0.3, 0.4) is 0 Å². The Bertz CT molecular complexity index is 1230. The maximum absolute atomic E-state index is 12.4. The minimum Gasteiger partial charge on any atom is -0.353 e. The number of hydrogen-bond acceptors (Lipinski definition) is 5. The monoisotopic (exact) mass is 470 g/mol. The van der Waals surface area contributed by atoms with Gasteiger partial charge in [0, 0.05) is 50.2 Å². The third-order valence-corrected chi connectivity index (χ3v) is 7.26. The first-order valence-corrected chi connectivity index (χ1v) is 12.8. The van der Waals surface area contributed by atoms with E-state index >= 15 is 0 Å². The molecule has 1 fully saturated rings. The normalized spacial score (nSPS) is 14.4. The summed E-state index contributed by atoms with van der Waals surface area (Å²) in [5.74, 6) is 1.20. The Morgan fingerprint density at radius 1 is 0.853 bits per heavy atom. The predicted octanol–water partition coefficient (Wildman–Crippen LogP) is 5.23. The molecule has 1 aliphatic heterocycles. The van der Waals surface area contributed by atoms with Crippen LogP contribution in [0.5, 0.6) is 0 Å². The van der Waals surface area contributed by atoms with Gasteiger partial charge in [0.25, 0.3) is 0 Å². The molecule has 34 heavy (non-hydrogen) atoms. The average molecular weight is 471 g/mol. The molecule has 5 rings (SSSR count). The van der Waals surface area contributed by atoms with Crippen molar-refractivity contribution in [1.29, 1.82) is 0 Å². The Balaban J connectivity index is 1.09. The van der Waals surface area contributed by atoms with E-state index in [2.05, 4.69) is 63.6 Å². The first-order chi connectivity index (χ1) is 16.7. The molecule has 0 saturated carbocycles. The van der Waals surface area contributed by atoms with Crippen molar-refractivity contribution in [3.8, 4) is 0 Å². The van der Waals surface area contributed by atoms with Crippen LogP contribution in [-0.2, 0) is 17.6 Å². The van der Waals surface area contributed by atoms with Crippen LogP contribution in [0.2, 0.25) is 0 Å². The van der Waals surface area contributed by atoms with E-state index in [0.29, 0.717) is 6.42 Å². The molecule has 4 aromatic rings. The molecule has 1 saturated heterocycles. The minimum absolute atomic E-state index is 0.0617. The van der Waals surface area contributed by atoms with Crippen molar-refractivity contribution in [3.63, 3.8) is 0 Å². The Kier molecular flexibility index (Phi) is 7.17. The van der Waals surface area contributed by atoms with E-state index in [1.165, 1.54) is 21.2 Å². The summed E-state index contributed by atoms with van der Waals surface area (Å²) in [5, 5.41) is 4.33. The maximum Gasteiger partial charge on any atom is 0.224 e. The third kappa shape index (κ3) is 5.64. The Morgan fingerprint density at radius 3 is 2.47 bits per heavy atom. The number of anilines is 2. The molecule has 1 amide bonds. The lowest BCUT2D eigenvalue weighted by Gasteiger charge is -2.35. The molecular weight excluding hydrogens is 440 g/mol. The fraction of sp³-hybridized carbons (Fsp3) is 0.286. The standard InChI is InChI=1S/C28H30N4OS/c33-27(14-13-22-7-2-1-3-8-22)29-24-10-6-9-23(21-24)15-16-31-17-19-32(20-18-31)28-25-11-4-5-12-26(25)34-30-28/h1-12,21H,13-20H2,(H,29,33). The van der Waals surface area contributed by atoms with Crippen molar-refractivity contribution in [2.75, 3.05) is 42.9 Å². The fourth-order valence-corrected chi connectivity index (χ4v) is 5.30. The van der Waals surface area contributed by atoms with Gasteiger partial charge in [0.1, 0.15) is 5.82 Å². The minimum atomic E-state index is 0.0617. The number of aryl methyl sites for hydroxylation is 1. The topological polar surface area (TPSA) is 48.5 Å². The second-order valence-electron chi connectivity index (χ2n) is 8.82. The lowest BCUT2D eigenvalue weighted by atomic mass is 10.1. The van der Waals surface area contributed by atoms with Crippen LogP contribution in [0.25, 0.3) is 10.1 Å². The van der Waals surface area contributed by atoms with Crippen LogP contribution >= 0.6 is 11.5 Å². The predicted molar refractivity (Wildman–Crippen MR) is 142 cm³/mol. The summed E-state index contributed by atoms with van der Waals surface area (Å²) in [5.41, 5.74) is 3.33. The average Bonchev–Trinajstić information content (AvgIpc) is 3.32. The second-order valence-corrected chi connectivity index (χ2v) is 9.62. The van der Waals surface area contributed by atoms with Gasteiger partial charge < -0.3 is 10.2 Å². The molecule has 2 heterocycles. The smallest absolute Gasteiger partial charge is 0.224 e. The summed E-state index contributed by atoms with van der Waals surface area (Å²) in [6.07, 6.45) is 2.23. The SMILES string of the molecule is O=C(CCc1ccccc1)Nc1cccc(CCN2CCN(c3nsc4ccccc34)CC2)c1. The summed E-state index contributed by atoms with van der Waals surface area (Å²) >= 11 is 1.59. The van der Waals surface area contributed by atoms with E-state index in [1.54, 1.807) is 11.5 Å². The highest BCUT2D eigenvalue weighted by Gasteiger charge is 2.20. The molecule has 1 N–H and O–H groups in total. The largest absolute Gasteiger partial charge is 0.353 e. The molecule has 174 valence electrons. The Hall–Kier alpha value is -3.22. The summed E-state index contributed by atoms with van der Waals surface area (Å²) in [7, 11) is 0. The zero-order chi connectivity index (χ0) is 23.2. The third-order valence-electron chi connectivity index (χ3n) is 6.44. The Labute approximate surface area is 205 Å². The summed E-state index contributed by atoms with van der Waals surface area (Å²) in [4.78, 5) is 17.3. The zero-order valence-electron chi connectivity index (χ0n) is 19.3. The number of piperazine rings is 1. The van der Waals surface area contributed by atoms with Gasteiger partial charge in [0.05, 0.1) is 4.70 Å². The summed E-state index contributed by atoms with van der Waals surface area (Å²) in [6, 6.07) is 26.9. The van der Waals surface area contributed by atoms with Crippen molar-refractivity contribution in [1.82, 2.24) is 9.27 Å². The molecule has 0 unspecified atom stereocenters. The maximum atomic E-state index is 12.4. The zero-order valence-corrected chi connectivity index (χ0v) is 20.1. The summed E-state index contributed by atoms with van der Waals surface area (Å²) in [6.45, 7) is 5.12. The molecule has 6 heteroatoms. The number of amides is 1. The van der Waals surface area contributed by atoms with Gasteiger partial charge in [-0.1, -0.05) is 54.6 Å². The first-order valence-electron chi connectivity index (χ1n) is 12.0. The number of carbonyl (C=O) groups excluding carboxylic acids is 1. The number of rotatable bonds is 8. The van der Waals surface area contributed by atoms with Gasteiger partial charge in [-0.2, -0.15) is 4.37 Å². The van der Waals surface area contributed by atoms with Crippen LogP contribution in [0, 0.1) is 0 Å². The molecule has 0 aliphatic carbocycles. The van der Waals surface area contributed by atoms with Crippen LogP contribution in [0.1, 0.15) is 17.5 Å². The van der Waals surface area contributed by atoms with Crippen molar-refractivity contribution >= 4 is 39.0 Å². The van der Waals surface area contributed by atoms with E-state index in [4.69, 9.17) is 4.37 Å². The number of fused-ring (bicyclic) bond motifs is 1. The molecule has 0 atom stereocenters. The van der Waals surface area contributed by atoms with Gasteiger partial charge in [0.2, 0.25) is 5.91 Å². The van der Waals surface area contributed by atoms with Crippen molar-refractivity contribution in [2.24, 2.45) is 0 Å². The van der Waals surface area contributed by atoms with Crippen LogP contribution in [0.4, 0.5) is 11.5 Å². The van der Waals surface area contributed by atoms with Gasteiger partial charge in [-0.25, -0.2) is 0 Å². The fourth-order valence-electron chi connectivity index (χ4n) is 4.50. The van der Waals surface area contributed by atoms with Gasteiger partial charge in [-0.3, -0.25) is 9.69 Å². The van der Waals surface area contributed by atoms with E-state index in [0.717, 1.165) is 57.1 Å². The number of nitrogens with one attached hydrogen (secondary N) is 1. The lowest BCUT2D eigenvalue weighted by Crippen LogP contribution is -2.47. The van der Waals surface area contributed by atoms with Gasteiger partial charge in [-0.05, 0) is 59.8 Å². The van der Waals surface area contributed by atoms with E-state index in [1.807, 2.05) is 30.3 Å². The molecule has 0 bridgehead atoms. The highest BCUT2D eigenvalue weighted by atomic mass is 32.1. The van der Waals surface area contributed by atoms with Gasteiger partial charge in [-0.15, -0.1) is 0 Å². The summed E-state index contributed by atoms with van der Waals surface area (Å²) < 4.78 is 5.97. The van der Waals surface area contributed by atoms with Crippen molar-refractivity contribution in [3.05, 3.63) is 90.0 Å². The number of aromatic nitrogens is 1. The highest BCUT2D eigenvalue weighted by molar-refractivity contribution is 7.13. The number of nitrogens with zero attached hydrogens (tertiary/aromatic N) is 3. The number of carbonyl (C=O) groups is 1. The van der Waals surface area contributed by atoms with Crippen molar-refractivity contribution in [2.45, 2.75) is 19.3 Å². The second kappa shape index (κ2) is 10.8. The molecule has 1 aromatic heterocycles. The molecule has 0 spiro atoms. The molecule has 5 nitrogen and oxygen atoms in total. The lowest BCUT2D eigenvalue weighted by molar-refractivity contribution is -0.116. The van der Waals surface area contributed by atoms with Gasteiger partial charge in [0.15, 0.2) is 0 Å². The van der Waals surface area contributed by atoms with E-state index in [9.17, 15) is 4.79 Å². The number of benzene rings is 3. The van der Waals surface area contributed by atoms with E-state index < -0.39 is 0 Å². The highest BCUT2D eigenvalue weighted by Crippen LogP contribution is 2.29. The molecule has 0 radical (unpaired) electrons. The van der Waals surface area contributed by atoms with Crippen LogP contribution < -0.4 is 10.2 Å². The Morgan fingerprint density at radius 2 is 1.62 bits per heavy atom. The van der Waals surface area contributed by atoms with E-state index in [-0.39, 0.29) is 5.91 Å². The van der Waals surface area contributed by atoms with Gasteiger partial charge >= 0.3 is 0 Å². The molecular formula is C28H30N4OS. The van der Waals surface area contributed by atoms with Crippen LogP contribution in [0.15, 0.2) is 78.9 Å². The number of hydrogen-bond donors (Lipinski definition) is 1. The first kappa shape index (κ1) is 22.6. The molecule has 3 aromatic carbocycles. The van der Waals surface area contributed by atoms with Crippen LogP contribution in [-0.4, -0.2) is 47.9 Å². The molecule has 1 aliphatic rings. The van der Waals surface area contributed by atoms with Crippen molar-refractivity contribution < 1.29 is 4.79 Å². The quantitative estimate of drug-likeness (QED) is 0.383.